The minimum atomic E-state index is -1.01. The molecule has 0 aromatic rings. The van der Waals surface area contributed by atoms with Gasteiger partial charge in [-0.3, -0.25) is 4.79 Å². The van der Waals surface area contributed by atoms with E-state index in [-0.39, 0.29) is 29.1 Å². The van der Waals surface area contributed by atoms with Crippen molar-refractivity contribution in [1.82, 2.24) is 0 Å². The van der Waals surface area contributed by atoms with Gasteiger partial charge in [0, 0.05) is 11.8 Å². The number of carbonyl (C=O) groups is 1. The van der Waals surface area contributed by atoms with Gasteiger partial charge in [-0.2, -0.15) is 0 Å². The van der Waals surface area contributed by atoms with E-state index in [1.807, 2.05) is 6.92 Å². The molecular formula is C20H32O3. The van der Waals surface area contributed by atoms with Crippen LogP contribution in [-0.2, 0) is 4.79 Å². The lowest BCUT2D eigenvalue weighted by Crippen LogP contribution is -2.62. The van der Waals surface area contributed by atoms with E-state index in [1.54, 1.807) is 0 Å². The van der Waals surface area contributed by atoms with Gasteiger partial charge in [0.15, 0.2) is 5.78 Å². The molecule has 7 unspecified atom stereocenters. The minimum absolute atomic E-state index is 0.0713. The average Bonchev–Trinajstić information content (AvgIpc) is 2.52. The van der Waals surface area contributed by atoms with Crippen LogP contribution >= 0.6 is 0 Å². The van der Waals surface area contributed by atoms with E-state index in [0.717, 1.165) is 32.1 Å². The van der Waals surface area contributed by atoms with Crippen LogP contribution in [0.3, 0.4) is 0 Å². The summed E-state index contributed by atoms with van der Waals surface area (Å²) in [5.74, 6) is 1.32. The van der Waals surface area contributed by atoms with Crippen molar-refractivity contribution in [3.63, 3.8) is 0 Å². The summed E-state index contributed by atoms with van der Waals surface area (Å²) < 4.78 is 0. The van der Waals surface area contributed by atoms with E-state index in [4.69, 9.17) is 0 Å². The van der Waals surface area contributed by atoms with Crippen molar-refractivity contribution in [2.45, 2.75) is 65.4 Å². The number of aliphatic hydroxyl groups is 2. The van der Waals surface area contributed by atoms with E-state index >= 15 is 0 Å². The smallest absolute Gasteiger partial charge is 0.162 e. The molecule has 0 heterocycles. The average molecular weight is 320 g/mol. The molecule has 3 aliphatic carbocycles. The summed E-state index contributed by atoms with van der Waals surface area (Å²) in [6, 6.07) is 0. The lowest BCUT2D eigenvalue weighted by Gasteiger charge is -2.62. The second-order valence-corrected chi connectivity index (χ2v) is 9.31. The Kier molecular flexibility index (Phi) is 4.04. The third-order valence-electron chi connectivity index (χ3n) is 7.91. The number of fused-ring (bicyclic) bond motifs is 3. The molecule has 0 aromatic carbocycles. The molecule has 130 valence electrons. The first-order chi connectivity index (χ1) is 10.7. The summed E-state index contributed by atoms with van der Waals surface area (Å²) in [6.07, 6.45) is 7.15. The quantitative estimate of drug-likeness (QED) is 0.767. The first-order valence-corrected chi connectivity index (χ1v) is 9.15. The fourth-order valence-corrected chi connectivity index (χ4v) is 6.45. The summed E-state index contributed by atoms with van der Waals surface area (Å²) in [6.45, 7) is 10.4. The summed E-state index contributed by atoms with van der Waals surface area (Å²) in [7, 11) is 0. The van der Waals surface area contributed by atoms with Crippen LogP contribution in [0.4, 0.5) is 0 Å². The zero-order chi connectivity index (χ0) is 17.0. The molecule has 0 aromatic heterocycles. The third-order valence-corrected chi connectivity index (χ3v) is 7.91. The molecule has 3 rings (SSSR count). The fraction of sp³-hybridized carbons (Fsp3) is 0.850. The molecule has 23 heavy (non-hydrogen) atoms. The van der Waals surface area contributed by atoms with Crippen molar-refractivity contribution in [3.8, 4) is 0 Å². The van der Waals surface area contributed by atoms with Gasteiger partial charge in [0.1, 0.15) is 6.10 Å². The van der Waals surface area contributed by atoms with Gasteiger partial charge in [-0.05, 0) is 60.7 Å². The lowest BCUT2D eigenvalue weighted by molar-refractivity contribution is -0.188. The highest BCUT2D eigenvalue weighted by molar-refractivity contribution is 5.85. The van der Waals surface area contributed by atoms with Gasteiger partial charge in [-0.25, -0.2) is 0 Å². The Morgan fingerprint density at radius 2 is 1.96 bits per heavy atom. The Labute approximate surface area is 140 Å². The molecule has 3 heteroatoms. The highest BCUT2D eigenvalue weighted by Gasteiger charge is 2.62. The van der Waals surface area contributed by atoms with Gasteiger partial charge in [-0.15, -0.1) is 6.58 Å². The zero-order valence-corrected chi connectivity index (χ0v) is 14.8. The molecule has 0 spiro atoms. The Bertz CT molecular complexity index is 515. The molecule has 0 bridgehead atoms. The predicted molar refractivity (Wildman–Crippen MR) is 90.8 cm³/mol. The molecular weight excluding hydrogens is 288 g/mol. The van der Waals surface area contributed by atoms with Crippen LogP contribution in [0.1, 0.15) is 59.3 Å². The Morgan fingerprint density at radius 1 is 1.26 bits per heavy atom. The highest BCUT2D eigenvalue weighted by atomic mass is 16.3. The maximum Gasteiger partial charge on any atom is 0.162 e. The van der Waals surface area contributed by atoms with Gasteiger partial charge in [0.2, 0.25) is 0 Å². The third kappa shape index (κ3) is 2.34. The van der Waals surface area contributed by atoms with Crippen LogP contribution in [0.15, 0.2) is 12.7 Å². The van der Waals surface area contributed by atoms with Crippen molar-refractivity contribution in [1.29, 1.82) is 0 Å². The highest BCUT2D eigenvalue weighted by Crippen LogP contribution is 2.64. The van der Waals surface area contributed by atoms with Gasteiger partial charge in [-0.1, -0.05) is 26.8 Å². The summed E-state index contributed by atoms with van der Waals surface area (Å²) in [5.41, 5.74) is -0.545. The first-order valence-electron chi connectivity index (χ1n) is 9.15. The summed E-state index contributed by atoms with van der Waals surface area (Å²) in [4.78, 5) is 12.5. The molecule has 0 radical (unpaired) electrons. The van der Waals surface area contributed by atoms with Crippen LogP contribution in [0, 0.1) is 34.0 Å². The molecule has 3 saturated carbocycles. The predicted octanol–water partition coefficient (Wildman–Crippen LogP) is 3.34. The van der Waals surface area contributed by atoms with Gasteiger partial charge in [0.25, 0.3) is 0 Å². The molecule has 0 aliphatic heterocycles. The molecule has 3 fully saturated rings. The maximum atomic E-state index is 12.5. The number of ketones is 1. The van der Waals surface area contributed by atoms with Crippen LogP contribution in [-0.4, -0.2) is 28.7 Å². The fourth-order valence-electron chi connectivity index (χ4n) is 6.45. The van der Waals surface area contributed by atoms with Crippen molar-refractivity contribution < 1.29 is 15.0 Å². The second-order valence-electron chi connectivity index (χ2n) is 9.31. The Morgan fingerprint density at radius 3 is 2.57 bits per heavy atom. The van der Waals surface area contributed by atoms with E-state index in [2.05, 4.69) is 26.5 Å². The Balaban J connectivity index is 1.95. The molecule has 3 nitrogen and oxygen atoms in total. The standard InChI is InChI=1S/C20H32O3/c1-5-18(2)9-8-14-13(10-18)6-7-16-19(14,3)11-15(22)17(23)20(16,4)12-21/h5,13-14,16-17,21,23H,1,6-12H2,2-4H3. The maximum absolute atomic E-state index is 12.5. The van der Waals surface area contributed by atoms with E-state index in [1.165, 1.54) is 0 Å². The largest absolute Gasteiger partial charge is 0.396 e. The SMILES string of the molecule is C=CC1(C)CCC2C(CCC3C(C)(CO)C(O)C(=O)CC23C)C1. The Hall–Kier alpha value is -0.670. The van der Waals surface area contributed by atoms with E-state index in [9.17, 15) is 15.0 Å². The van der Waals surface area contributed by atoms with E-state index in [0.29, 0.717) is 18.3 Å². The van der Waals surface area contributed by atoms with Crippen molar-refractivity contribution in [3.05, 3.63) is 12.7 Å². The molecule has 7 atom stereocenters. The van der Waals surface area contributed by atoms with Gasteiger partial charge < -0.3 is 10.2 Å². The number of carbonyl (C=O) groups excluding carboxylic acids is 1. The molecule has 3 aliphatic rings. The van der Waals surface area contributed by atoms with Gasteiger partial charge in [0.05, 0.1) is 6.61 Å². The molecule has 2 N–H and O–H groups in total. The van der Waals surface area contributed by atoms with Crippen LogP contribution in [0.5, 0.6) is 0 Å². The van der Waals surface area contributed by atoms with Crippen molar-refractivity contribution in [2.24, 2.45) is 34.0 Å². The van der Waals surface area contributed by atoms with Crippen LogP contribution in [0.25, 0.3) is 0 Å². The normalized spacial score (nSPS) is 53.3. The zero-order valence-electron chi connectivity index (χ0n) is 14.8. The number of Topliss-reactive ketones (excluding diaryl/α,β-unsaturated/α-hetero) is 1. The van der Waals surface area contributed by atoms with Crippen molar-refractivity contribution in [2.75, 3.05) is 6.61 Å². The van der Waals surface area contributed by atoms with Crippen LogP contribution < -0.4 is 0 Å². The van der Waals surface area contributed by atoms with Gasteiger partial charge >= 0.3 is 0 Å². The first kappa shape index (κ1) is 17.2. The second kappa shape index (κ2) is 5.42. The number of hydrogen-bond donors (Lipinski definition) is 2. The number of aliphatic hydroxyl groups excluding tert-OH is 2. The van der Waals surface area contributed by atoms with Crippen molar-refractivity contribution >= 4 is 5.78 Å². The van der Waals surface area contributed by atoms with Crippen LogP contribution in [0.2, 0.25) is 0 Å². The molecule has 0 amide bonds. The number of hydrogen-bond acceptors (Lipinski definition) is 3. The summed E-state index contributed by atoms with van der Waals surface area (Å²) in [5, 5.41) is 20.4. The number of allylic oxidation sites excluding steroid dienone is 1. The summed E-state index contributed by atoms with van der Waals surface area (Å²) >= 11 is 0. The topological polar surface area (TPSA) is 57.5 Å². The van der Waals surface area contributed by atoms with E-state index < -0.39 is 11.5 Å². The molecule has 0 saturated heterocycles. The minimum Gasteiger partial charge on any atom is -0.396 e. The lowest BCUT2D eigenvalue weighted by atomic mass is 9.42. The number of rotatable bonds is 2. The monoisotopic (exact) mass is 320 g/mol.